The lowest BCUT2D eigenvalue weighted by atomic mass is 9.89. The van der Waals surface area contributed by atoms with Gasteiger partial charge in [0, 0.05) is 29.7 Å². The summed E-state index contributed by atoms with van der Waals surface area (Å²) in [4.78, 5) is 0. The zero-order valence-corrected chi connectivity index (χ0v) is 13.0. The van der Waals surface area contributed by atoms with E-state index >= 15 is 0 Å². The molecule has 0 aromatic carbocycles. The highest BCUT2D eigenvalue weighted by atomic mass is 32.2. The number of aliphatic hydroxyl groups is 1. The topological polar surface area (TPSA) is 41.5 Å². The maximum Gasteiger partial charge on any atom is 0.0795 e. The second kappa shape index (κ2) is 6.84. The summed E-state index contributed by atoms with van der Waals surface area (Å²) < 4.78 is 6.04. The third-order valence-corrected chi connectivity index (χ3v) is 6.48. The minimum atomic E-state index is 0.147. The van der Waals surface area contributed by atoms with Crippen molar-refractivity contribution in [3.63, 3.8) is 0 Å². The molecule has 2 saturated heterocycles. The molecule has 0 saturated carbocycles. The van der Waals surface area contributed by atoms with Crippen LogP contribution in [0.25, 0.3) is 0 Å². The molecule has 2 heterocycles. The van der Waals surface area contributed by atoms with Crippen LogP contribution in [0.5, 0.6) is 0 Å². The lowest BCUT2D eigenvalue weighted by Crippen LogP contribution is -2.51. The molecule has 2 N–H and O–H groups in total. The first-order valence-electron chi connectivity index (χ1n) is 6.80. The van der Waals surface area contributed by atoms with Crippen molar-refractivity contribution in [3.05, 3.63) is 0 Å². The zero-order valence-electron chi connectivity index (χ0n) is 11.4. The van der Waals surface area contributed by atoms with Gasteiger partial charge in [-0.25, -0.2) is 0 Å². The second-order valence-corrected chi connectivity index (χ2v) is 7.62. The van der Waals surface area contributed by atoms with E-state index in [0.29, 0.717) is 17.3 Å². The number of ether oxygens (including phenoxy) is 1. The van der Waals surface area contributed by atoms with Crippen LogP contribution >= 0.6 is 23.5 Å². The highest BCUT2D eigenvalue weighted by Crippen LogP contribution is 2.38. The first-order valence-corrected chi connectivity index (χ1v) is 9.25. The van der Waals surface area contributed by atoms with Crippen LogP contribution in [0.4, 0.5) is 0 Å². The van der Waals surface area contributed by atoms with Crippen molar-refractivity contribution in [1.29, 1.82) is 0 Å². The predicted molar refractivity (Wildman–Crippen MR) is 80.6 cm³/mol. The molecule has 4 unspecified atom stereocenters. The molecule has 2 aliphatic heterocycles. The molecular weight excluding hydrogens is 266 g/mol. The quantitative estimate of drug-likeness (QED) is 0.807. The molecule has 0 aromatic heterocycles. The van der Waals surface area contributed by atoms with Crippen LogP contribution in [-0.4, -0.2) is 59.0 Å². The van der Waals surface area contributed by atoms with Gasteiger partial charge in [0.15, 0.2) is 0 Å². The van der Waals surface area contributed by atoms with Gasteiger partial charge >= 0.3 is 0 Å². The van der Waals surface area contributed by atoms with Gasteiger partial charge in [0.25, 0.3) is 0 Å². The minimum Gasteiger partial charge on any atom is -0.395 e. The normalized spacial score (nSPS) is 35.8. The van der Waals surface area contributed by atoms with E-state index in [1.165, 1.54) is 12.2 Å². The second-order valence-electron chi connectivity index (χ2n) is 5.44. The highest BCUT2D eigenvalue weighted by Gasteiger charge is 2.40. The molecule has 0 aromatic rings. The molecule has 1 spiro atoms. The van der Waals surface area contributed by atoms with Gasteiger partial charge in [-0.2, -0.15) is 23.5 Å². The maximum absolute atomic E-state index is 9.34. The summed E-state index contributed by atoms with van der Waals surface area (Å²) in [5.41, 5.74) is 0.147. The first kappa shape index (κ1) is 15.0. The molecule has 3 nitrogen and oxygen atoms in total. The van der Waals surface area contributed by atoms with Crippen molar-refractivity contribution in [2.45, 2.75) is 49.1 Å². The Kier molecular flexibility index (Phi) is 5.69. The Morgan fingerprint density at radius 3 is 3.06 bits per heavy atom. The van der Waals surface area contributed by atoms with E-state index in [9.17, 15) is 5.11 Å². The van der Waals surface area contributed by atoms with Gasteiger partial charge < -0.3 is 15.2 Å². The summed E-state index contributed by atoms with van der Waals surface area (Å²) >= 11 is 3.76. The third-order valence-electron chi connectivity index (χ3n) is 4.10. The van der Waals surface area contributed by atoms with Gasteiger partial charge in [-0.3, -0.25) is 0 Å². The summed E-state index contributed by atoms with van der Waals surface area (Å²) in [6.45, 7) is 3.32. The number of nitrogens with one attached hydrogen (secondary N) is 1. The summed E-state index contributed by atoms with van der Waals surface area (Å²) in [5.74, 6) is 2.40. The molecule has 106 valence electrons. The van der Waals surface area contributed by atoms with E-state index in [2.05, 4.69) is 18.5 Å². The first-order chi connectivity index (χ1) is 8.69. The largest absolute Gasteiger partial charge is 0.395 e. The third kappa shape index (κ3) is 3.57. The fourth-order valence-electron chi connectivity index (χ4n) is 2.95. The van der Waals surface area contributed by atoms with Crippen LogP contribution in [0.1, 0.15) is 26.2 Å². The van der Waals surface area contributed by atoms with Crippen LogP contribution in [0.2, 0.25) is 0 Å². The van der Waals surface area contributed by atoms with Crippen molar-refractivity contribution < 1.29 is 9.84 Å². The molecule has 2 fully saturated rings. The number of aliphatic hydroxyl groups excluding tert-OH is 1. The van der Waals surface area contributed by atoms with Crippen molar-refractivity contribution in [2.24, 2.45) is 0 Å². The summed E-state index contributed by atoms with van der Waals surface area (Å²) in [6, 6.07) is 0.910. The zero-order chi connectivity index (χ0) is 13.0. The lowest BCUT2D eigenvalue weighted by Gasteiger charge is -2.39. The van der Waals surface area contributed by atoms with Crippen molar-refractivity contribution >= 4 is 23.5 Å². The summed E-state index contributed by atoms with van der Waals surface area (Å²) in [7, 11) is 0. The lowest BCUT2D eigenvalue weighted by molar-refractivity contribution is -0.0712. The maximum atomic E-state index is 9.34. The highest BCUT2D eigenvalue weighted by molar-refractivity contribution is 7.99. The molecule has 0 bridgehead atoms. The molecular formula is C13H25NO2S2. The Morgan fingerprint density at radius 2 is 2.44 bits per heavy atom. The Hall–Kier alpha value is 0.580. The van der Waals surface area contributed by atoms with E-state index in [-0.39, 0.29) is 12.2 Å². The number of hydrogen-bond acceptors (Lipinski definition) is 5. The smallest absolute Gasteiger partial charge is 0.0795 e. The van der Waals surface area contributed by atoms with E-state index in [1.54, 1.807) is 11.8 Å². The van der Waals surface area contributed by atoms with Crippen molar-refractivity contribution in [1.82, 2.24) is 5.32 Å². The molecule has 4 atom stereocenters. The van der Waals surface area contributed by atoms with Gasteiger partial charge in [0.1, 0.15) is 0 Å². The molecule has 0 aliphatic carbocycles. The Balaban J connectivity index is 1.85. The van der Waals surface area contributed by atoms with Crippen LogP contribution in [0, 0.1) is 0 Å². The molecule has 18 heavy (non-hydrogen) atoms. The van der Waals surface area contributed by atoms with Crippen LogP contribution in [0.15, 0.2) is 0 Å². The standard InChI is InChI=1S/C13H25NO2S2/c1-10(12(8-15)17-2)14-11-3-5-16-13(7-11)4-6-18-9-13/h10-12,14-15H,3-9H2,1-2H3. The number of hydrogen-bond donors (Lipinski definition) is 2. The number of rotatable bonds is 5. The van der Waals surface area contributed by atoms with Crippen LogP contribution < -0.4 is 5.32 Å². The molecule has 5 heteroatoms. The van der Waals surface area contributed by atoms with Gasteiger partial charge in [0.2, 0.25) is 0 Å². The molecule has 0 radical (unpaired) electrons. The fourth-order valence-corrected chi connectivity index (χ4v) is 4.96. The van der Waals surface area contributed by atoms with Crippen molar-refractivity contribution in [2.75, 3.05) is 31.0 Å². The van der Waals surface area contributed by atoms with Gasteiger partial charge in [-0.15, -0.1) is 0 Å². The van der Waals surface area contributed by atoms with E-state index in [4.69, 9.17) is 4.74 Å². The van der Waals surface area contributed by atoms with Gasteiger partial charge in [-0.05, 0) is 38.2 Å². The molecule has 0 amide bonds. The average Bonchev–Trinajstić information content (AvgIpc) is 2.79. The van der Waals surface area contributed by atoms with E-state index < -0.39 is 0 Å². The van der Waals surface area contributed by atoms with E-state index in [1.807, 2.05) is 11.8 Å². The van der Waals surface area contributed by atoms with Crippen LogP contribution in [0.3, 0.4) is 0 Å². The van der Waals surface area contributed by atoms with Gasteiger partial charge in [-0.1, -0.05) is 0 Å². The summed E-state index contributed by atoms with van der Waals surface area (Å²) in [6.07, 6.45) is 5.51. The molecule has 2 aliphatic rings. The Morgan fingerprint density at radius 1 is 1.61 bits per heavy atom. The number of thioether (sulfide) groups is 2. The van der Waals surface area contributed by atoms with E-state index in [0.717, 1.165) is 25.2 Å². The van der Waals surface area contributed by atoms with Crippen molar-refractivity contribution in [3.8, 4) is 0 Å². The summed E-state index contributed by atoms with van der Waals surface area (Å²) in [5, 5.41) is 13.3. The fraction of sp³-hybridized carbons (Fsp3) is 1.00. The average molecular weight is 291 g/mol. The minimum absolute atomic E-state index is 0.147. The van der Waals surface area contributed by atoms with Gasteiger partial charge in [0.05, 0.1) is 12.2 Å². The Labute approximate surface area is 119 Å². The predicted octanol–water partition coefficient (Wildman–Crippen LogP) is 1.74. The SMILES string of the molecule is CSC(CO)C(C)NC1CCOC2(CCSC2)C1. The van der Waals surface area contributed by atoms with Crippen LogP contribution in [-0.2, 0) is 4.74 Å². The molecule has 2 rings (SSSR count). The Bertz CT molecular complexity index is 255. The monoisotopic (exact) mass is 291 g/mol.